The van der Waals surface area contributed by atoms with Crippen LogP contribution in [-0.4, -0.2) is 34.2 Å². The van der Waals surface area contributed by atoms with Crippen molar-refractivity contribution in [1.29, 1.82) is 0 Å². The minimum absolute atomic E-state index is 0.0520. The van der Waals surface area contributed by atoms with Crippen LogP contribution in [0.3, 0.4) is 0 Å². The Kier molecular flexibility index (Phi) is 4.43. The SMILES string of the molecule is CC(=O)N(CN1C(=O)c2ccc([N+](=O)[O-])cc2C1=O)c1ccc(Cl)cc1. The third kappa shape index (κ3) is 3.02. The Labute approximate surface area is 152 Å². The lowest BCUT2D eigenvalue weighted by atomic mass is 10.1. The lowest BCUT2D eigenvalue weighted by Crippen LogP contribution is -2.43. The van der Waals surface area contributed by atoms with Crippen LogP contribution in [0.25, 0.3) is 0 Å². The maximum atomic E-state index is 12.5. The van der Waals surface area contributed by atoms with Crippen molar-refractivity contribution in [3.8, 4) is 0 Å². The summed E-state index contributed by atoms with van der Waals surface area (Å²) in [5, 5.41) is 11.4. The fourth-order valence-corrected chi connectivity index (χ4v) is 2.77. The minimum Gasteiger partial charge on any atom is -0.294 e. The third-order valence-corrected chi connectivity index (χ3v) is 4.22. The van der Waals surface area contributed by atoms with Crippen molar-refractivity contribution < 1.29 is 19.3 Å². The van der Waals surface area contributed by atoms with Gasteiger partial charge in [0.15, 0.2) is 0 Å². The number of carbonyl (C=O) groups excluding carboxylic acids is 3. The summed E-state index contributed by atoms with van der Waals surface area (Å²) in [6, 6.07) is 9.82. The molecule has 0 fully saturated rings. The summed E-state index contributed by atoms with van der Waals surface area (Å²) in [6.45, 7) is 0.995. The number of nitro groups is 1. The molecule has 9 heteroatoms. The van der Waals surface area contributed by atoms with Gasteiger partial charge in [-0.1, -0.05) is 11.6 Å². The van der Waals surface area contributed by atoms with Gasteiger partial charge in [-0.05, 0) is 30.3 Å². The highest BCUT2D eigenvalue weighted by atomic mass is 35.5. The van der Waals surface area contributed by atoms with Crippen molar-refractivity contribution in [2.75, 3.05) is 11.6 Å². The lowest BCUT2D eigenvalue weighted by Gasteiger charge is -2.26. The highest BCUT2D eigenvalue weighted by molar-refractivity contribution is 6.30. The third-order valence-electron chi connectivity index (χ3n) is 3.97. The van der Waals surface area contributed by atoms with Crippen molar-refractivity contribution in [3.05, 3.63) is 68.7 Å². The number of fused-ring (bicyclic) bond motifs is 1. The molecule has 0 saturated heterocycles. The lowest BCUT2D eigenvalue weighted by molar-refractivity contribution is -0.384. The smallest absolute Gasteiger partial charge is 0.270 e. The highest BCUT2D eigenvalue weighted by Gasteiger charge is 2.38. The largest absolute Gasteiger partial charge is 0.294 e. The number of halogens is 1. The molecule has 26 heavy (non-hydrogen) atoms. The van der Waals surface area contributed by atoms with Gasteiger partial charge in [0.25, 0.3) is 17.5 Å². The van der Waals surface area contributed by atoms with E-state index in [9.17, 15) is 24.5 Å². The second-order valence-electron chi connectivity index (χ2n) is 5.59. The Morgan fingerprint density at radius 1 is 1.12 bits per heavy atom. The zero-order valence-corrected chi connectivity index (χ0v) is 14.3. The number of hydrogen-bond acceptors (Lipinski definition) is 5. The van der Waals surface area contributed by atoms with Crippen LogP contribution in [0.15, 0.2) is 42.5 Å². The fraction of sp³-hybridized carbons (Fsp3) is 0.118. The molecule has 3 amide bonds. The molecule has 8 nitrogen and oxygen atoms in total. The van der Waals surface area contributed by atoms with Crippen molar-refractivity contribution in [1.82, 2.24) is 4.90 Å². The van der Waals surface area contributed by atoms with Gasteiger partial charge in [-0.3, -0.25) is 34.3 Å². The van der Waals surface area contributed by atoms with Gasteiger partial charge in [-0.25, -0.2) is 0 Å². The fourth-order valence-electron chi connectivity index (χ4n) is 2.65. The van der Waals surface area contributed by atoms with E-state index in [1.165, 1.54) is 17.9 Å². The molecular formula is C17H12ClN3O5. The van der Waals surface area contributed by atoms with Crippen molar-refractivity contribution in [2.45, 2.75) is 6.92 Å². The zero-order chi connectivity index (χ0) is 19.0. The van der Waals surface area contributed by atoms with Crippen LogP contribution >= 0.6 is 11.6 Å². The van der Waals surface area contributed by atoms with E-state index in [0.29, 0.717) is 10.7 Å². The van der Waals surface area contributed by atoms with Crippen LogP contribution in [0.1, 0.15) is 27.6 Å². The van der Waals surface area contributed by atoms with Crippen molar-refractivity contribution in [2.24, 2.45) is 0 Å². The number of hydrogen-bond donors (Lipinski definition) is 0. The first kappa shape index (κ1) is 17.6. The van der Waals surface area contributed by atoms with Crippen LogP contribution in [0.2, 0.25) is 5.02 Å². The topological polar surface area (TPSA) is 101 Å². The van der Waals surface area contributed by atoms with E-state index in [2.05, 4.69) is 0 Å². The van der Waals surface area contributed by atoms with Gasteiger partial charge in [0.1, 0.15) is 6.67 Å². The second-order valence-corrected chi connectivity index (χ2v) is 6.03. The van der Waals surface area contributed by atoms with E-state index in [-0.39, 0.29) is 29.4 Å². The number of imide groups is 1. The summed E-state index contributed by atoms with van der Waals surface area (Å²) in [4.78, 5) is 49.4. The average Bonchev–Trinajstić information content (AvgIpc) is 2.84. The molecular weight excluding hydrogens is 362 g/mol. The summed E-state index contributed by atoms with van der Waals surface area (Å²) in [5.74, 6) is -1.68. The predicted octanol–water partition coefficient (Wildman–Crippen LogP) is 2.85. The molecule has 0 aromatic heterocycles. The van der Waals surface area contributed by atoms with Gasteiger partial charge in [0.05, 0.1) is 16.1 Å². The Hall–Kier alpha value is -3.26. The number of benzene rings is 2. The van der Waals surface area contributed by atoms with Crippen LogP contribution in [0.5, 0.6) is 0 Å². The van der Waals surface area contributed by atoms with E-state index in [1.54, 1.807) is 24.3 Å². The van der Waals surface area contributed by atoms with Gasteiger partial charge in [0.2, 0.25) is 5.91 Å². The molecule has 0 bridgehead atoms. The maximum absolute atomic E-state index is 12.5. The van der Waals surface area contributed by atoms with Crippen molar-refractivity contribution in [3.63, 3.8) is 0 Å². The first-order chi connectivity index (χ1) is 12.3. The summed E-state index contributed by atoms with van der Waals surface area (Å²) < 4.78 is 0. The van der Waals surface area contributed by atoms with E-state index in [4.69, 9.17) is 11.6 Å². The summed E-state index contributed by atoms with van der Waals surface area (Å²) in [7, 11) is 0. The number of non-ortho nitro benzene ring substituents is 1. The van der Waals surface area contributed by atoms with Crippen LogP contribution in [-0.2, 0) is 4.79 Å². The predicted molar refractivity (Wildman–Crippen MR) is 93.1 cm³/mol. The molecule has 0 radical (unpaired) electrons. The first-order valence-electron chi connectivity index (χ1n) is 7.48. The number of amides is 3. The second kappa shape index (κ2) is 6.57. The quantitative estimate of drug-likeness (QED) is 0.466. The molecule has 132 valence electrons. The van der Waals surface area contributed by atoms with E-state index < -0.39 is 16.7 Å². The standard InChI is InChI=1S/C17H12ClN3O5/c1-10(22)19(12-4-2-11(18)3-5-12)9-20-16(23)14-7-6-13(21(25)26)8-15(14)17(20)24/h2-8H,9H2,1H3. The molecule has 3 rings (SSSR count). The van der Waals surface area contributed by atoms with Gasteiger partial charge < -0.3 is 0 Å². The number of rotatable bonds is 4. The van der Waals surface area contributed by atoms with Crippen LogP contribution in [0, 0.1) is 10.1 Å². The molecule has 0 spiro atoms. The molecule has 0 atom stereocenters. The molecule has 0 N–H and O–H groups in total. The van der Waals surface area contributed by atoms with E-state index in [0.717, 1.165) is 17.0 Å². The monoisotopic (exact) mass is 373 g/mol. The van der Waals surface area contributed by atoms with Gasteiger partial charge in [-0.15, -0.1) is 0 Å². The van der Waals surface area contributed by atoms with Gasteiger partial charge in [0, 0.05) is 29.8 Å². The molecule has 1 heterocycles. The molecule has 1 aliphatic heterocycles. The Balaban J connectivity index is 1.92. The first-order valence-corrected chi connectivity index (χ1v) is 7.85. The molecule has 0 unspecified atom stereocenters. The van der Waals surface area contributed by atoms with Crippen molar-refractivity contribution >= 4 is 40.7 Å². The molecule has 0 aliphatic carbocycles. The van der Waals surface area contributed by atoms with Gasteiger partial charge >= 0.3 is 0 Å². The Morgan fingerprint density at radius 2 is 1.73 bits per heavy atom. The van der Waals surface area contributed by atoms with Crippen LogP contribution < -0.4 is 4.90 Å². The summed E-state index contributed by atoms with van der Waals surface area (Å²) in [6.07, 6.45) is 0. The normalized spacial score (nSPS) is 12.9. The number of nitro benzene ring substituents is 1. The zero-order valence-electron chi connectivity index (χ0n) is 13.5. The molecule has 2 aromatic carbocycles. The molecule has 2 aromatic rings. The average molecular weight is 374 g/mol. The number of nitrogens with zero attached hydrogens (tertiary/aromatic N) is 3. The highest BCUT2D eigenvalue weighted by Crippen LogP contribution is 2.28. The van der Waals surface area contributed by atoms with Crippen LogP contribution in [0.4, 0.5) is 11.4 Å². The Bertz CT molecular complexity index is 942. The molecule has 0 saturated carbocycles. The minimum atomic E-state index is -0.686. The van der Waals surface area contributed by atoms with Gasteiger partial charge in [-0.2, -0.15) is 0 Å². The Morgan fingerprint density at radius 3 is 2.31 bits per heavy atom. The number of anilines is 1. The number of carbonyl (C=O) groups is 3. The molecule has 1 aliphatic rings. The van der Waals surface area contributed by atoms with E-state index >= 15 is 0 Å². The summed E-state index contributed by atoms with van der Waals surface area (Å²) in [5.41, 5.74) is 0.196. The van der Waals surface area contributed by atoms with E-state index in [1.807, 2.05) is 0 Å². The maximum Gasteiger partial charge on any atom is 0.270 e. The summed E-state index contributed by atoms with van der Waals surface area (Å²) >= 11 is 5.84.